The summed E-state index contributed by atoms with van der Waals surface area (Å²) in [7, 11) is 0. The molecule has 0 aromatic heterocycles. The molecule has 0 aliphatic carbocycles. The number of aliphatic hydroxyl groups is 1. The summed E-state index contributed by atoms with van der Waals surface area (Å²) >= 11 is 0. The molecule has 2 heterocycles. The Morgan fingerprint density at radius 3 is 2.75 bits per heavy atom. The minimum Gasteiger partial charge on any atom is -0.485 e. The number of nitro groups is 1. The van der Waals surface area contributed by atoms with E-state index in [-0.39, 0.29) is 24.5 Å². The minimum atomic E-state index is -0.745. The van der Waals surface area contributed by atoms with Crippen molar-refractivity contribution in [2.24, 2.45) is 0 Å². The number of benzene rings is 1. The molecule has 1 N–H and O–H groups in total. The second kappa shape index (κ2) is 4.69. The van der Waals surface area contributed by atoms with E-state index in [0.29, 0.717) is 12.4 Å². The van der Waals surface area contributed by atoms with E-state index in [1.807, 2.05) is 0 Å². The maximum absolute atomic E-state index is 10.6. The Balaban J connectivity index is 1.71. The molecular weight excluding hydrogens is 266 g/mol. The van der Waals surface area contributed by atoms with E-state index in [1.54, 1.807) is 19.1 Å². The van der Waals surface area contributed by atoms with Crippen LogP contribution in [0.1, 0.15) is 6.92 Å². The SMILES string of the molecule is C[C@]12OC[C@H](Oc3ccc([N+](=O)[O-])cc3)[C@H]1OC[C@@H]2O. The van der Waals surface area contributed by atoms with Crippen molar-refractivity contribution in [3.8, 4) is 5.75 Å². The molecule has 4 atom stereocenters. The van der Waals surface area contributed by atoms with Crippen molar-refractivity contribution in [1.29, 1.82) is 0 Å². The standard InChI is InChI=1S/C13H15NO6/c1-13-11(15)7-18-12(13)10(6-19-13)20-9-4-2-8(3-5-9)14(16)17/h2-5,10-12,15H,6-7H2,1H3/t10-,11-,12+,13+/m0/s1. The summed E-state index contributed by atoms with van der Waals surface area (Å²) in [5.41, 5.74) is -0.733. The molecule has 108 valence electrons. The summed E-state index contributed by atoms with van der Waals surface area (Å²) in [4.78, 5) is 10.1. The zero-order valence-corrected chi connectivity index (χ0v) is 10.9. The number of nitro benzene ring substituents is 1. The smallest absolute Gasteiger partial charge is 0.269 e. The highest BCUT2D eigenvalue weighted by Crippen LogP contribution is 2.38. The van der Waals surface area contributed by atoms with E-state index >= 15 is 0 Å². The van der Waals surface area contributed by atoms with Gasteiger partial charge < -0.3 is 19.3 Å². The highest BCUT2D eigenvalue weighted by Gasteiger charge is 2.57. The Morgan fingerprint density at radius 2 is 2.10 bits per heavy atom. The van der Waals surface area contributed by atoms with Crippen LogP contribution in [0.4, 0.5) is 5.69 Å². The molecule has 0 unspecified atom stereocenters. The number of nitrogens with zero attached hydrogens (tertiary/aromatic N) is 1. The Morgan fingerprint density at radius 1 is 1.40 bits per heavy atom. The van der Waals surface area contributed by atoms with Gasteiger partial charge in [-0.3, -0.25) is 10.1 Å². The van der Waals surface area contributed by atoms with Crippen LogP contribution in [-0.4, -0.2) is 47.2 Å². The number of ether oxygens (including phenoxy) is 3. The summed E-state index contributed by atoms with van der Waals surface area (Å²) in [6, 6.07) is 5.85. The fraction of sp³-hybridized carbons (Fsp3) is 0.538. The largest absolute Gasteiger partial charge is 0.485 e. The first kappa shape index (κ1) is 13.3. The van der Waals surface area contributed by atoms with Crippen molar-refractivity contribution in [2.75, 3.05) is 13.2 Å². The number of rotatable bonds is 3. The third-order valence-corrected chi connectivity index (χ3v) is 3.89. The first-order valence-corrected chi connectivity index (χ1v) is 6.35. The molecule has 2 saturated heterocycles. The molecule has 20 heavy (non-hydrogen) atoms. The number of hydrogen-bond acceptors (Lipinski definition) is 6. The average molecular weight is 281 g/mol. The van der Waals surface area contributed by atoms with Crippen molar-refractivity contribution >= 4 is 5.69 Å². The van der Waals surface area contributed by atoms with Gasteiger partial charge in [-0.1, -0.05) is 0 Å². The van der Waals surface area contributed by atoms with Gasteiger partial charge in [-0.25, -0.2) is 0 Å². The maximum atomic E-state index is 10.6. The predicted molar refractivity (Wildman–Crippen MR) is 67.6 cm³/mol. The zero-order valence-electron chi connectivity index (χ0n) is 10.9. The lowest BCUT2D eigenvalue weighted by Crippen LogP contribution is -2.45. The third kappa shape index (κ3) is 2.04. The first-order valence-electron chi connectivity index (χ1n) is 6.35. The van der Waals surface area contributed by atoms with Crippen molar-refractivity contribution in [3.63, 3.8) is 0 Å². The van der Waals surface area contributed by atoms with E-state index < -0.39 is 16.6 Å². The van der Waals surface area contributed by atoms with Gasteiger partial charge in [0, 0.05) is 12.1 Å². The molecule has 7 heteroatoms. The number of aliphatic hydroxyl groups excluding tert-OH is 1. The molecule has 7 nitrogen and oxygen atoms in total. The van der Waals surface area contributed by atoms with Crippen LogP contribution >= 0.6 is 0 Å². The zero-order chi connectivity index (χ0) is 14.3. The lowest BCUT2D eigenvalue weighted by molar-refractivity contribution is -0.384. The van der Waals surface area contributed by atoms with Gasteiger partial charge in [0.2, 0.25) is 0 Å². The van der Waals surface area contributed by atoms with Gasteiger partial charge in [0.1, 0.15) is 23.6 Å². The second-order valence-corrected chi connectivity index (χ2v) is 5.17. The highest BCUT2D eigenvalue weighted by molar-refractivity contribution is 5.36. The molecule has 1 aromatic rings. The normalized spacial score (nSPS) is 35.8. The Kier molecular flexibility index (Phi) is 3.12. The van der Waals surface area contributed by atoms with Gasteiger partial charge in [-0.05, 0) is 19.1 Å². The van der Waals surface area contributed by atoms with Gasteiger partial charge in [0.15, 0.2) is 6.10 Å². The summed E-state index contributed by atoms with van der Waals surface area (Å²) in [5.74, 6) is 0.512. The fourth-order valence-electron chi connectivity index (χ4n) is 2.64. The number of fused-ring (bicyclic) bond motifs is 1. The fourth-order valence-corrected chi connectivity index (χ4v) is 2.64. The summed E-state index contributed by atoms with van der Waals surface area (Å²) in [5, 5.41) is 20.4. The van der Waals surface area contributed by atoms with Gasteiger partial charge >= 0.3 is 0 Å². The van der Waals surface area contributed by atoms with Crippen LogP contribution in [0.25, 0.3) is 0 Å². The highest BCUT2D eigenvalue weighted by atomic mass is 16.6. The van der Waals surface area contributed by atoms with E-state index in [1.165, 1.54) is 12.1 Å². The van der Waals surface area contributed by atoms with Crippen LogP contribution in [0.3, 0.4) is 0 Å². The van der Waals surface area contributed by atoms with Crippen molar-refractivity contribution in [1.82, 2.24) is 0 Å². The topological polar surface area (TPSA) is 91.1 Å². The van der Waals surface area contributed by atoms with E-state index in [0.717, 1.165) is 0 Å². The van der Waals surface area contributed by atoms with Crippen LogP contribution in [-0.2, 0) is 9.47 Å². The third-order valence-electron chi connectivity index (χ3n) is 3.89. The van der Waals surface area contributed by atoms with Gasteiger partial charge in [-0.2, -0.15) is 0 Å². The van der Waals surface area contributed by atoms with Crippen LogP contribution < -0.4 is 4.74 Å². The molecule has 0 bridgehead atoms. The van der Waals surface area contributed by atoms with Crippen molar-refractivity contribution in [2.45, 2.75) is 30.8 Å². The molecule has 0 radical (unpaired) electrons. The van der Waals surface area contributed by atoms with Crippen LogP contribution in [0.5, 0.6) is 5.75 Å². The van der Waals surface area contributed by atoms with Crippen molar-refractivity contribution in [3.05, 3.63) is 34.4 Å². The molecule has 2 aliphatic heterocycles. The number of hydrogen-bond donors (Lipinski definition) is 1. The molecule has 0 amide bonds. The Bertz CT molecular complexity index is 518. The number of non-ortho nitro benzene ring substituents is 1. The van der Waals surface area contributed by atoms with E-state index in [4.69, 9.17) is 14.2 Å². The van der Waals surface area contributed by atoms with Crippen LogP contribution in [0.2, 0.25) is 0 Å². The molecule has 2 fully saturated rings. The maximum Gasteiger partial charge on any atom is 0.269 e. The van der Waals surface area contributed by atoms with Crippen LogP contribution in [0.15, 0.2) is 24.3 Å². The van der Waals surface area contributed by atoms with Gasteiger partial charge in [0.05, 0.1) is 18.1 Å². The lowest BCUT2D eigenvalue weighted by atomic mass is 9.95. The molecule has 1 aromatic carbocycles. The van der Waals surface area contributed by atoms with E-state index in [2.05, 4.69) is 0 Å². The molecule has 0 spiro atoms. The molecule has 2 aliphatic rings. The average Bonchev–Trinajstić information content (AvgIpc) is 2.89. The molecule has 3 rings (SSSR count). The second-order valence-electron chi connectivity index (χ2n) is 5.17. The summed E-state index contributed by atoms with van der Waals surface area (Å²) < 4.78 is 16.9. The summed E-state index contributed by atoms with van der Waals surface area (Å²) in [6.45, 7) is 2.34. The lowest BCUT2D eigenvalue weighted by Gasteiger charge is -2.25. The van der Waals surface area contributed by atoms with Crippen LogP contribution in [0, 0.1) is 10.1 Å². The van der Waals surface area contributed by atoms with Gasteiger partial charge in [0.25, 0.3) is 5.69 Å². The van der Waals surface area contributed by atoms with Crippen molar-refractivity contribution < 1.29 is 24.2 Å². The molecular formula is C13H15NO6. The van der Waals surface area contributed by atoms with E-state index in [9.17, 15) is 15.2 Å². The van der Waals surface area contributed by atoms with Gasteiger partial charge in [-0.15, -0.1) is 0 Å². The summed E-state index contributed by atoms with van der Waals surface area (Å²) in [6.07, 6.45) is -1.34. The first-order chi connectivity index (χ1) is 9.50. The Hall–Kier alpha value is -1.70. The predicted octanol–water partition coefficient (Wildman–Crippen LogP) is 0.891. The monoisotopic (exact) mass is 281 g/mol. The quantitative estimate of drug-likeness (QED) is 0.653. The Labute approximate surface area is 115 Å². The minimum absolute atomic E-state index is 0.0115. The molecule has 0 saturated carbocycles.